The van der Waals surface area contributed by atoms with Gasteiger partial charge in [0.25, 0.3) is 5.91 Å². The van der Waals surface area contributed by atoms with E-state index in [1.165, 1.54) is 25.0 Å². The number of aryl methyl sites for hydroxylation is 1. The van der Waals surface area contributed by atoms with Crippen molar-refractivity contribution in [2.24, 2.45) is 0 Å². The molecule has 1 aromatic heterocycles. The molecule has 2 aliphatic rings. The van der Waals surface area contributed by atoms with E-state index in [-0.39, 0.29) is 17.8 Å². The van der Waals surface area contributed by atoms with Crippen molar-refractivity contribution in [2.75, 3.05) is 19.6 Å². The van der Waals surface area contributed by atoms with Gasteiger partial charge in [0.05, 0.1) is 11.6 Å². The van der Waals surface area contributed by atoms with Crippen molar-refractivity contribution >= 4 is 5.91 Å². The van der Waals surface area contributed by atoms with Crippen molar-refractivity contribution in [2.45, 2.75) is 38.8 Å². The number of hydrogen-bond donors (Lipinski definition) is 1. The number of hydrogen-bond acceptors (Lipinski definition) is 2. The van der Waals surface area contributed by atoms with Crippen LogP contribution in [0.1, 0.15) is 52.2 Å². The smallest absolute Gasteiger partial charge is 0.256 e. The molecule has 1 aliphatic heterocycles. The van der Waals surface area contributed by atoms with Crippen molar-refractivity contribution in [1.82, 2.24) is 14.8 Å². The molecule has 25 heavy (non-hydrogen) atoms. The van der Waals surface area contributed by atoms with Crippen molar-refractivity contribution in [1.29, 1.82) is 0 Å². The van der Waals surface area contributed by atoms with Crippen LogP contribution in [0.25, 0.3) is 0 Å². The highest BCUT2D eigenvalue weighted by Crippen LogP contribution is 2.39. The molecule has 2 fully saturated rings. The molecule has 1 unspecified atom stereocenters. The Hall–Kier alpha value is -2.14. The Bertz CT molecular complexity index is 809. The third kappa shape index (κ3) is 2.97. The van der Waals surface area contributed by atoms with Crippen LogP contribution >= 0.6 is 0 Å². The van der Waals surface area contributed by atoms with E-state index in [1.54, 1.807) is 6.07 Å². The number of amides is 1. The molecule has 4 nitrogen and oxygen atoms in total. The van der Waals surface area contributed by atoms with Gasteiger partial charge in [-0.05, 0) is 50.5 Å². The lowest BCUT2D eigenvalue weighted by molar-refractivity contribution is 0.0633. The minimum Gasteiger partial charge on any atom is -0.345 e. The Morgan fingerprint density at radius 2 is 2.04 bits per heavy atom. The average Bonchev–Trinajstić information content (AvgIpc) is 3.39. The van der Waals surface area contributed by atoms with E-state index in [1.807, 2.05) is 24.0 Å². The lowest BCUT2D eigenvalue weighted by Crippen LogP contribution is -2.48. The minimum atomic E-state index is -0.262. The topological polar surface area (TPSA) is 37.3 Å². The molecule has 1 saturated carbocycles. The van der Waals surface area contributed by atoms with Crippen LogP contribution in [-0.4, -0.2) is 35.0 Å². The Morgan fingerprint density at radius 1 is 1.24 bits per heavy atom. The summed E-state index contributed by atoms with van der Waals surface area (Å²) in [6.07, 6.45) is 2.40. The van der Waals surface area contributed by atoms with Crippen LogP contribution in [-0.2, 0) is 0 Å². The Balaban J connectivity index is 1.67. The van der Waals surface area contributed by atoms with Crippen LogP contribution in [0.3, 0.4) is 0 Å². The first-order valence-corrected chi connectivity index (χ1v) is 9.02. The number of benzene rings is 1. The fourth-order valence-corrected chi connectivity index (χ4v) is 4.00. The molecule has 0 bridgehead atoms. The number of carbonyl (C=O) groups excluding carboxylic acids is 1. The number of piperazine rings is 1. The van der Waals surface area contributed by atoms with Crippen LogP contribution in [0.4, 0.5) is 4.39 Å². The van der Waals surface area contributed by atoms with Crippen molar-refractivity contribution in [3.05, 3.63) is 58.7 Å². The molecule has 1 atom stereocenters. The first kappa shape index (κ1) is 16.3. The van der Waals surface area contributed by atoms with Gasteiger partial charge in [0, 0.05) is 37.1 Å². The quantitative estimate of drug-likeness (QED) is 0.929. The molecule has 0 radical (unpaired) electrons. The fourth-order valence-electron chi connectivity index (χ4n) is 4.00. The number of nitrogens with zero attached hydrogens (tertiary/aromatic N) is 2. The summed E-state index contributed by atoms with van der Waals surface area (Å²) in [6.45, 7) is 6.16. The predicted octanol–water partition coefficient (Wildman–Crippen LogP) is 3.37. The number of aromatic nitrogens is 1. The lowest BCUT2D eigenvalue weighted by atomic mass is 10.0. The first-order chi connectivity index (χ1) is 12.1. The Labute approximate surface area is 147 Å². The molecular weight excluding hydrogens is 317 g/mol. The predicted molar refractivity (Wildman–Crippen MR) is 95.2 cm³/mol. The van der Waals surface area contributed by atoms with Crippen molar-refractivity contribution < 1.29 is 9.18 Å². The van der Waals surface area contributed by atoms with Gasteiger partial charge in [-0.2, -0.15) is 0 Å². The molecule has 1 aliphatic carbocycles. The zero-order valence-corrected chi connectivity index (χ0v) is 14.8. The van der Waals surface area contributed by atoms with Gasteiger partial charge < -0.3 is 14.8 Å². The summed E-state index contributed by atoms with van der Waals surface area (Å²) in [4.78, 5) is 15.2. The number of rotatable bonds is 3. The van der Waals surface area contributed by atoms with E-state index in [9.17, 15) is 9.18 Å². The summed E-state index contributed by atoms with van der Waals surface area (Å²) in [6, 6.07) is 9.01. The normalized spacial score (nSPS) is 20.8. The zero-order chi connectivity index (χ0) is 17.6. The summed E-state index contributed by atoms with van der Waals surface area (Å²) >= 11 is 0. The van der Waals surface area contributed by atoms with Gasteiger partial charge in [-0.1, -0.05) is 12.1 Å². The standard InChI is InChI=1S/C20H24FN3O/c1-13-10-18(14(2)24(13)17-6-7-17)20(25)23-9-8-22-12-19(23)15-4-3-5-16(21)11-15/h3-5,10-11,17,19,22H,6-9,12H2,1-2H3. The minimum absolute atomic E-state index is 0.0516. The second-order valence-corrected chi connectivity index (χ2v) is 7.16. The highest BCUT2D eigenvalue weighted by atomic mass is 19.1. The summed E-state index contributed by atoms with van der Waals surface area (Å²) < 4.78 is 16.0. The molecule has 1 N–H and O–H groups in total. The number of nitrogens with one attached hydrogen (secondary N) is 1. The second-order valence-electron chi connectivity index (χ2n) is 7.16. The van der Waals surface area contributed by atoms with Crippen LogP contribution in [0.15, 0.2) is 30.3 Å². The van der Waals surface area contributed by atoms with E-state index in [2.05, 4.69) is 16.8 Å². The SMILES string of the molecule is Cc1cc(C(=O)N2CCNCC2c2cccc(F)c2)c(C)n1C1CC1. The van der Waals surface area contributed by atoms with Gasteiger partial charge in [0.2, 0.25) is 0 Å². The molecule has 1 aromatic carbocycles. The van der Waals surface area contributed by atoms with Gasteiger partial charge in [-0.3, -0.25) is 4.79 Å². The van der Waals surface area contributed by atoms with Crippen LogP contribution < -0.4 is 5.32 Å². The van der Waals surface area contributed by atoms with Crippen LogP contribution in [0.5, 0.6) is 0 Å². The fraction of sp³-hybridized carbons (Fsp3) is 0.450. The third-order valence-electron chi connectivity index (χ3n) is 5.36. The monoisotopic (exact) mass is 341 g/mol. The van der Waals surface area contributed by atoms with Crippen LogP contribution in [0, 0.1) is 19.7 Å². The second kappa shape index (κ2) is 6.30. The molecule has 0 spiro atoms. The van der Waals surface area contributed by atoms with Gasteiger partial charge in [0.15, 0.2) is 0 Å². The molecule has 2 heterocycles. The number of carbonyl (C=O) groups is 1. The lowest BCUT2D eigenvalue weighted by Gasteiger charge is -2.36. The van der Waals surface area contributed by atoms with Crippen LogP contribution in [0.2, 0.25) is 0 Å². The maximum Gasteiger partial charge on any atom is 0.256 e. The molecule has 1 saturated heterocycles. The third-order valence-corrected chi connectivity index (χ3v) is 5.36. The van der Waals surface area contributed by atoms with E-state index >= 15 is 0 Å². The maximum atomic E-state index is 13.7. The molecule has 2 aromatic rings. The summed E-state index contributed by atoms with van der Waals surface area (Å²) in [7, 11) is 0. The van der Waals surface area contributed by atoms with Gasteiger partial charge in [0.1, 0.15) is 5.82 Å². The zero-order valence-electron chi connectivity index (χ0n) is 14.8. The highest BCUT2D eigenvalue weighted by molar-refractivity contribution is 5.96. The number of halogens is 1. The molecule has 4 rings (SSSR count). The van der Waals surface area contributed by atoms with E-state index in [4.69, 9.17) is 0 Å². The largest absolute Gasteiger partial charge is 0.345 e. The average molecular weight is 341 g/mol. The van der Waals surface area contributed by atoms with Gasteiger partial charge in [-0.15, -0.1) is 0 Å². The summed E-state index contributed by atoms with van der Waals surface area (Å²) in [5.41, 5.74) is 3.84. The molecule has 5 heteroatoms. The summed E-state index contributed by atoms with van der Waals surface area (Å²) in [5, 5.41) is 3.33. The Morgan fingerprint density at radius 3 is 2.76 bits per heavy atom. The van der Waals surface area contributed by atoms with Crippen molar-refractivity contribution in [3.8, 4) is 0 Å². The summed E-state index contributed by atoms with van der Waals surface area (Å²) in [5.74, 6) is -0.210. The van der Waals surface area contributed by atoms with Gasteiger partial charge >= 0.3 is 0 Å². The first-order valence-electron chi connectivity index (χ1n) is 9.02. The highest BCUT2D eigenvalue weighted by Gasteiger charge is 2.33. The van der Waals surface area contributed by atoms with E-state index < -0.39 is 0 Å². The van der Waals surface area contributed by atoms with Crippen molar-refractivity contribution in [3.63, 3.8) is 0 Å². The molecule has 1 amide bonds. The van der Waals surface area contributed by atoms with Gasteiger partial charge in [-0.25, -0.2) is 4.39 Å². The Kier molecular flexibility index (Phi) is 4.12. The maximum absolute atomic E-state index is 13.7. The molecular formula is C20H24FN3O. The van der Waals surface area contributed by atoms with E-state index in [0.29, 0.717) is 19.1 Å². The molecule has 132 valence electrons. The van der Waals surface area contributed by atoms with E-state index in [0.717, 1.165) is 29.1 Å².